The van der Waals surface area contributed by atoms with E-state index in [2.05, 4.69) is 119 Å². The lowest BCUT2D eigenvalue weighted by Crippen LogP contribution is -2.06. The number of allylic oxidation sites excluding steroid dienone is 5. The van der Waals surface area contributed by atoms with E-state index in [-0.39, 0.29) is 0 Å². The average Bonchev–Trinajstić information content (AvgIpc) is 3.71. The lowest BCUT2D eigenvalue weighted by atomic mass is 10.0. The molecule has 242 valence electrons. The Hall–Kier alpha value is -6.85. The van der Waals surface area contributed by atoms with Crippen molar-refractivity contribution in [3.63, 3.8) is 0 Å². The van der Waals surface area contributed by atoms with Gasteiger partial charge in [0.1, 0.15) is 0 Å². The predicted molar refractivity (Wildman–Crippen MR) is 212 cm³/mol. The molecule has 51 heavy (non-hydrogen) atoms. The molecular weight excluding hydrogens is 623 g/mol. The van der Waals surface area contributed by atoms with E-state index in [1.165, 1.54) is 21.8 Å². The molecule has 3 aromatic heterocycles. The van der Waals surface area contributed by atoms with Crippen LogP contribution in [0.3, 0.4) is 0 Å². The van der Waals surface area contributed by atoms with Crippen molar-refractivity contribution in [3.8, 4) is 34.4 Å². The molecule has 0 N–H and O–H groups in total. The maximum Gasteiger partial charge on any atom is 0.238 e. The van der Waals surface area contributed by atoms with E-state index < -0.39 is 0 Å². The first-order valence-corrected chi connectivity index (χ1v) is 17.1. The van der Waals surface area contributed by atoms with Gasteiger partial charge in [0.2, 0.25) is 5.95 Å². The van der Waals surface area contributed by atoms with Gasteiger partial charge in [-0.15, -0.1) is 0 Å². The van der Waals surface area contributed by atoms with Crippen LogP contribution in [-0.2, 0) is 0 Å². The number of hydrogen-bond acceptors (Lipinski definition) is 3. The van der Waals surface area contributed by atoms with E-state index in [4.69, 9.17) is 15.0 Å². The molecule has 0 fully saturated rings. The highest BCUT2D eigenvalue weighted by atomic mass is 15.2. The predicted octanol–water partition coefficient (Wildman–Crippen LogP) is 11.5. The van der Waals surface area contributed by atoms with Crippen LogP contribution in [0.15, 0.2) is 176 Å². The van der Waals surface area contributed by atoms with Gasteiger partial charge < -0.3 is 4.57 Å². The van der Waals surface area contributed by atoms with E-state index in [1.807, 2.05) is 73.7 Å². The third-order valence-corrected chi connectivity index (χ3v) is 9.44. The van der Waals surface area contributed by atoms with Crippen molar-refractivity contribution in [1.82, 2.24) is 24.1 Å². The van der Waals surface area contributed by atoms with Gasteiger partial charge >= 0.3 is 0 Å². The molecule has 0 radical (unpaired) electrons. The van der Waals surface area contributed by atoms with Crippen molar-refractivity contribution in [2.45, 2.75) is 6.92 Å². The van der Waals surface area contributed by atoms with Crippen LogP contribution in [0.5, 0.6) is 0 Å². The molecular formula is C46H33N5. The number of aromatic nitrogens is 5. The normalized spacial score (nSPS) is 11.9. The third kappa shape index (κ3) is 5.23. The SMILES string of the molecule is C=C(/C=C\C=C/C)c1cccc(-c2nc(-c3ccccc3)nc(-n3c4ccccc4c4cc(-n5c6ccccc6c6ccccc65)ccc43)n2)c1. The minimum atomic E-state index is 0.562. The van der Waals surface area contributed by atoms with Crippen LogP contribution in [0, 0.1) is 0 Å². The van der Waals surface area contributed by atoms with E-state index in [0.29, 0.717) is 17.6 Å². The average molecular weight is 656 g/mol. The molecule has 0 aliphatic carbocycles. The molecule has 0 aliphatic heterocycles. The fourth-order valence-electron chi connectivity index (χ4n) is 7.06. The number of para-hydroxylation sites is 3. The lowest BCUT2D eigenvalue weighted by Gasteiger charge is -2.12. The van der Waals surface area contributed by atoms with Crippen LogP contribution in [0.1, 0.15) is 12.5 Å². The quantitative estimate of drug-likeness (QED) is 0.161. The molecule has 9 rings (SSSR count). The molecule has 0 saturated heterocycles. The van der Waals surface area contributed by atoms with Gasteiger partial charge in [-0.05, 0) is 60.5 Å². The van der Waals surface area contributed by atoms with Gasteiger partial charge in [0.05, 0.1) is 22.1 Å². The van der Waals surface area contributed by atoms with Gasteiger partial charge in [-0.1, -0.05) is 134 Å². The number of nitrogens with zero attached hydrogens (tertiary/aromatic N) is 5. The summed E-state index contributed by atoms with van der Waals surface area (Å²) in [7, 11) is 0. The van der Waals surface area contributed by atoms with E-state index in [9.17, 15) is 0 Å². The molecule has 5 nitrogen and oxygen atoms in total. The van der Waals surface area contributed by atoms with E-state index in [1.54, 1.807) is 0 Å². The van der Waals surface area contributed by atoms with Crippen molar-refractivity contribution in [2.75, 3.05) is 0 Å². The summed E-state index contributed by atoms with van der Waals surface area (Å²) in [6.07, 6.45) is 8.01. The van der Waals surface area contributed by atoms with Crippen LogP contribution in [0.4, 0.5) is 0 Å². The molecule has 0 amide bonds. The zero-order chi connectivity index (χ0) is 34.3. The van der Waals surface area contributed by atoms with Crippen LogP contribution in [0.2, 0.25) is 0 Å². The largest absolute Gasteiger partial charge is 0.309 e. The first kappa shape index (κ1) is 30.2. The Kier molecular flexibility index (Phi) is 7.44. The molecule has 9 aromatic rings. The van der Waals surface area contributed by atoms with Crippen molar-refractivity contribution in [1.29, 1.82) is 0 Å². The topological polar surface area (TPSA) is 48.5 Å². The Labute approximate surface area is 295 Å². The molecule has 0 bridgehead atoms. The van der Waals surface area contributed by atoms with Gasteiger partial charge in [-0.2, -0.15) is 9.97 Å². The van der Waals surface area contributed by atoms with Crippen LogP contribution in [-0.4, -0.2) is 24.1 Å². The Morgan fingerprint density at radius 2 is 1.08 bits per heavy atom. The first-order valence-electron chi connectivity index (χ1n) is 17.1. The second-order valence-electron chi connectivity index (χ2n) is 12.6. The Morgan fingerprint density at radius 1 is 0.510 bits per heavy atom. The summed E-state index contributed by atoms with van der Waals surface area (Å²) in [5.41, 5.74) is 9.24. The molecule has 0 atom stereocenters. The van der Waals surface area contributed by atoms with Gasteiger partial charge in [-0.3, -0.25) is 4.57 Å². The third-order valence-electron chi connectivity index (χ3n) is 9.44. The molecule has 3 heterocycles. The summed E-state index contributed by atoms with van der Waals surface area (Å²) in [4.78, 5) is 15.3. The van der Waals surface area contributed by atoms with Crippen molar-refractivity contribution in [2.24, 2.45) is 0 Å². The van der Waals surface area contributed by atoms with Crippen molar-refractivity contribution >= 4 is 49.2 Å². The summed E-state index contributed by atoms with van der Waals surface area (Å²) in [5, 5.41) is 4.73. The summed E-state index contributed by atoms with van der Waals surface area (Å²) in [5.74, 6) is 1.77. The highest BCUT2D eigenvalue weighted by Crippen LogP contribution is 2.37. The fourth-order valence-corrected chi connectivity index (χ4v) is 7.06. The van der Waals surface area contributed by atoms with Crippen molar-refractivity contribution in [3.05, 3.63) is 182 Å². The summed E-state index contributed by atoms with van der Waals surface area (Å²) in [6, 6.07) is 50.8. The van der Waals surface area contributed by atoms with Gasteiger partial charge in [0.15, 0.2) is 11.6 Å². The number of benzene rings is 6. The van der Waals surface area contributed by atoms with Gasteiger partial charge in [0, 0.05) is 38.4 Å². The Bertz CT molecular complexity index is 2780. The number of rotatable bonds is 7. The van der Waals surface area contributed by atoms with Crippen molar-refractivity contribution < 1.29 is 0 Å². The Morgan fingerprint density at radius 3 is 1.76 bits per heavy atom. The maximum atomic E-state index is 5.18. The minimum Gasteiger partial charge on any atom is -0.309 e. The first-order chi connectivity index (χ1) is 25.2. The van der Waals surface area contributed by atoms with Crippen LogP contribution in [0.25, 0.3) is 83.6 Å². The molecule has 5 heteroatoms. The Balaban J connectivity index is 1.26. The van der Waals surface area contributed by atoms with Gasteiger partial charge in [-0.25, -0.2) is 4.98 Å². The molecule has 0 unspecified atom stereocenters. The summed E-state index contributed by atoms with van der Waals surface area (Å²) < 4.78 is 4.53. The standard InChI is InChI=1S/C46H33N5/c1-3-4-6-16-31(2)33-19-15-20-34(29-33)45-47-44(32-17-7-5-8-18-32)48-46(49-45)51-42-26-14-11-23-38(42)39-30-35(27-28-43(39)51)50-40-24-12-9-21-36(40)37-22-10-13-25-41(37)50/h3-30H,2H2,1H3/b4-3-,16-6-. The highest BCUT2D eigenvalue weighted by molar-refractivity contribution is 6.12. The van der Waals surface area contributed by atoms with Gasteiger partial charge in [0.25, 0.3) is 0 Å². The van der Waals surface area contributed by atoms with Crippen LogP contribution < -0.4 is 0 Å². The molecule has 0 aliphatic rings. The second kappa shape index (κ2) is 12.6. The zero-order valence-corrected chi connectivity index (χ0v) is 28.1. The van der Waals surface area contributed by atoms with E-state index in [0.717, 1.165) is 49.8 Å². The fraction of sp³-hybridized carbons (Fsp3) is 0.0217. The zero-order valence-electron chi connectivity index (χ0n) is 28.1. The molecule has 0 spiro atoms. The molecule has 0 saturated carbocycles. The highest BCUT2D eigenvalue weighted by Gasteiger charge is 2.19. The minimum absolute atomic E-state index is 0.562. The van der Waals surface area contributed by atoms with E-state index >= 15 is 0 Å². The maximum absolute atomic E-state index is 5.18. The van der Waals surface area contributed by atoms with Crippen LogP contribution >= 0.6 is 0 Å². The second-order valence-corrected chi connectivity index (χ2v) is 12.6. The smallest absolute Gasteiger partial charge is 0.238 e. The summed E-state index contributed by atoms with van der Waals surface area (Å²) >= 11 is 0. The monoisotopic (exact) mass is 655 g/mol. The molecule has 6 aromatic carbocycles. The lowest BCUT2D eigenvalue weighted by molar-refractivity contribution is 0.953. The summed E-state index contributed by atoms with van der Waals surface area (Å²) in [6.45, 7) is 6.30. The number of hydrogen-bond donors (Lipinski definition) is 0. The number of fused-ring (bicyclic) bond motifs is 6.